The van der Waals surface area contributed by atoms with Gasteiger partial charge in [0, 0.05) is 5.92 Å². The van der Waals surface area contributed by atoms with Gasteiger partial charge < -0.3 is 5.73 Å². The SMILES string of the molecule is CC1(C)CCCC2C(C(N)=O)C21. The first-order valence-electron chi connectivity index (χ1n) is 4.83. The number of carbonyl (C=O) groups excluding carboxylic acids is 1. The molecule has 3 unspecified atom stereocenters. The van der Waals surface area contributed by atoms with Gasteiger partial charge in [-0.15, -0.1) is 0 Å². The minimum absolute atomic E-state index is 0.0695. The van der Waals surface area contributed by atoms with E-state index in [1.54, 1.807) is 0 Å². The normalized spacial score (nSPS) is 43.3. The summed E-state index contributed by atoms with van der Waals surface area (Å²) in [6.07, 6.45) is 3.76. The number of nitrogens with two attached hydrogens (primary N) is 1. The van der Waals surface area contributed by atoms with Crippen molar-refractivity contribution < 1.29 is 4.79 Å². The summed E-state index contributed by atoms with van der Waals surface area (Å²) in [5.41, 5.74) is 5.70. The van der Waals surface area contributed by atoms with E-state index in [0.717, 1.165) is 0 Å². The molecule has 2 nitrogen and oxygen atoms in total. The highest BCUT2D eigenvalue weighted by molar-refractivity contribution is 5.80. The molecular weight excluding hydrogens is 150 g/mol. The van der Waals surface area contributed by atoms with E-state index in [2.05, 4.69) is 13.8 Å². The lowest BCUT2D eigenvalue weighted by Crippen LogP contribution is -2.21. The Kier molecular flexibility index (Phi) is 1.51. The van der Waals surface area contributed by atoms with Crippen molar-refractivity contribution in [1.82, 2.24) is 0 Å². The molecule has 2 aliphatic rings. The van der Waals surface area contributed by atoms with Crippen molar-refractivity contribution in [2.75, 3.05) is 0 Å². The number of hydrogen-bond acceptors (Lipinski definition) is 1. The van der Waals surface area contributed by atoms with Crippen LogP contribution >= 0.6 is 0 Å². The smallest absolute Gasteiger partial charge is 0.221 e. The van der Waals surface area contributed by atoms with Gasteiger partial charge in [-0.05, 0) is 30.1 Å². The fourth-order valence-corrected chi connectivity index (χ4v) is 3.15. The van der Waals surface area contributed by atoms with E-state index in [9.17, 15) is 4.79 Å². The van der Waals surface area contributed by atoms with E-state index >= 15 is 0 Å². The predicted octanol–water partition coefficient (Wildman–Crippen LogP) is 1.54. The van der Waals surface area contributed by atoms with E-state index in [4.69, 9.17) is 5.73 Å². The summed E-state index contributed by atoms with van der Waals surface area (Å²) in [5.74, 6) is 1.37. The molecule has 2 saturated carbocycles. The average molecular weight is 167 g/mol. The summed E-state index contributed by atoms with van der Waals surface area (Å²) < 4.78 is 0. The molecule has 68 valence electrons. The van der Waals surface area contributed by atoms with Crippen LogP contribution in [0.3, 0.4) is 0 Å². The summed E-state index contributed by atoms with van der Waals surface area (Å²) in [6.45, 7) is 4.54. The van der Waals surface area contributed by atoms with Crippen molar-refractivity contribution in [3.63, 3.8) is 0 Å². The molecule has 2 heteroatoms. The van der Waals surface area contributed by atoms with Crippen LogP contribution < -0.4 is 5.73 Å². The summed E-state index contributed by atoms with van der Waals surface area (Å²) in [7, 11) is 0. The number of amides is 1. The van der Waals surface area contributed by atoms with Crippen LogP contribution in [0.25, 0.3) is 0 Å². The Hall–Kier alpha value is -0.530. The molecule has 12 heavy (non-hydrogen) atoms. The highest BCUT2D eigenvalue weighted by Crippen LogP contribution is 2.63. The minimum Gasteiger partial charge on any atom is -0.369 e. The molecule has 2 aliphatic carbocycles. The summed E-state index contributed by atoms with van der Waals surface area (Å²) in [6, 6.07) is 0. The lowest BCUT2D eigenvalue weighted by atomic mass is 9.77. The quantitative estimate of drug-likeness (QED) is 0.632. The Bertz CT molecular complexity index is 222. The zero-order chi connectivity index (χ0) is 8.93. The van der Waals surface area contributed by atoms with Crippen molar-refractivity contribution in [3.05, 3.63) is 0 Å². The maximum atomic E-state index is 11.0. The molecule has 2 fully saturated rings. The van der Waals surface area contributed by atoms with E-state index < -0.39 is 0 Å². The van der Waals surface area contributed by atoms with Crippen LogP contribution in [-0.2, 0) is 4.79 Å². The third-order valence-corrected chi connectivity index (χ3v) is 3.76. The molecule has 0 heterocycles. The molecule has 0 saturated heterocycles. The minimum atomic E-state index is -0.0695. The van der Waals surface area contributed by atoms with Crippen LogP contribution in [0.1, 0.15) is 33.1 Å². The zero-order valence-corrected chi connectivity index (χ0v) is 7.84. The van der Waals surface area contributed by atoms with Crippen molar-refractivity contribution >= 4 is 5.91 Å². The molecule has 0 aromatic carbocycles. The number of hydrogen-bond donors (Lipinski definition) is 1. The molecular formula is C10H17NO. The van der Waals surface area contributed by atoms with Gasteiger partial charge in [-0.25, -0.2) is 0 Å². The van der Waals surface area contributed by atoms with Gasteiger partial charge in [-0.3, -0.25) is 4.79 Å². The third kappa shape index (κ3) is 0.970. The van der Waals surface area contributed by atoms with Gasteiger partial charge in [0.15, 0.2) is 0 Å². The lowest BCUT2D eigenvalue weighted by Gasteiger charge is -2.28. The third-order valence-electron chi connectivity index (χ3n) is 3.76. The molecule has 2 rings (SSSR count). The van der Waals surface area contributed by atoms with Gasteiger partial charge in [0.25, 0.3) is 0 Å². The molecule has 0 bridgehead atoms. The van der Waals surface area contributed by atoms with E-state index in [1.165, 1.54) is 19.3 Å². The second-order valence-electron chi connectivity index (χ2n) is 5.00. The fraction of sp³-hybridized carbons (Fsp3) is 0.900. The van der Waals surface area contributed by atoms with Gasteiger partial charge >= 0.3 is 0 Å². The number of rotatable bonds is 1. The highest BCUT2D eigenvalue weighted by atomic mass is 16.1. The molecule has 0 spiro atoms. The zero-order valence-electron chi connectivity index (χ0n) is 7.84. The Morgan fingerprint density at radius 2 is 2.17 bits per heavy atom. The molecule has 0 radical (unpaired) electrons. The Labute approximate surface area is 73.5 Å². The molecule has 3 atom stereocenters. The lowest BCUT2D eigenvalue weighted by molar-refractivity contribution is -0.120. The predicted molar refractivity (Wildman–Crippen MR) is 47.3 cm³/mol. The van der Waals surface area contributed by atoms with Gasteiger partial charge in [-0.1, -0.05) is 20.3 Å². The van der Waals surface area contributed by atoms with E-state index in [0.29, 0.717) is 17.3 Å². The standard InChI is InChI=1S/C10H17NO/c1-10(2)5-3-4-6-7(8(6)10)9(11)12/h6-8H,3-5H2,1-2H3,(H2,11,12). The fourth-order valence-electron chi connectivity index (χ4n) is 3.15. The highest BCUT2D eigenvalue weighted by Gasteiger charge is 2.61. The van der Waals surface area contributed by atoms with Crippen molar-refractivity contribution in [3.8, 4) is 0 Å². The van der Waals surface area contributed by atoms with Crippen molar-refractivity contribution in [1.29, 1.82) is 0 Å². The van der Waals surface area contributed by atoms with Gasteiger partial charge in [0.1, 0.15) is 0 Å². The monoisotopic (exact) mass is 167 g/mol. The van der Waals surface area contributed by atoms with Crippen LogP contribution in [-0.4, -0.2) is 5.91 Å². The van der Waals surface area contributed by atoms with Crippen LogP contribution in [0.15, 0.2) is 0 Å². The largest absolute Gasteiger partial charge is 0.369 e. The second-order valence-corrected chi connectivity index (χ2v) is 5.00. The maximum Gasteiger partial charge on any atom is 0.221 e. The van der Waals surface area contributed by atoms with Gasteiger partial charge in [0.05, 0.1) is 0 Å². The Morgan fingerprint density at radius 1 is 1.50 bits per heavy atom. The summed E-state index contributed by atoms with van der Waals surface area (Å²) in [4.78, 5) is 11.0. The average Bonchev–Trinajstić information content (AvgIpc) is 2.61. The number of primary amides is 1. The Balaban J connectivity index is 2.14. The number of fused-ring (bicyclic) bond motifs is 1. The molecule has 1 amide bonds. The first-order chi connectivity index (χ1) is 5.54. The van der Waals surface area contributed by atoms with Crippen molar-refractivity contribution in [2.24, 2.45) is 28.9 Å². The Morgan fingerprint density at radius 3 is 2.67 bits per heavy atom. The van der Waals surface area contributed by atoms with Crippen molar-refractivity contribution in [2.45, 2.75) is 33.1 Å². The molecule has 0 aromatic rings. The summed E-state index contributed by atoms with van der Waals surface area (Å²) >= 11 is 0. The first-order valence-corrected chi connectivity index (χ1v) is 4.83. The van der Waals surface area contributed by atoms with Gasteiger partial charge in [-0.2, -0.15) is 0 Å². The molecule has 2 N–H and O–H groups in total. The van der Waals surface area contributed by atoms with E-state index in [-0.39, 0.29) is 11.8 Å². The number of carbonyl (C=O) groups is 1. The summed E-state index contributed by atoms with van der Waals surface area (Å²) in [5, 5.41) is 0. The van der Waals surface area contributed by atoms with Crippen LogP contribution in [0, 0.1) is 23.2 Å². The van der Waals surface area contributed by atoms with E-state index in [1.807, 2.05) is 0 Å². The van der Waals surface area contributed by atoms with Crippen LogP contribution in [0.2, 0.25) is 0 Å². The first kappa shape index (κ1) is 8.09. The molecule has 0 aromatic heterocycles. The molecule has 0 aliphatic heterocycles. The topological polar surface area (TPSA) is 43.1 Å². The van der Waals surface area contributed by atoms with Crippen LogP contribution in [0.4, 0.5) is 0 Å². The maximum absolute atomic E-state index is 11.0. The second kappa shape index (κ2) is 2.24. The van der Waals surface area contributed by atoms with Crippen LogP contribution in [0.5, 0.6) is 0 Å². The van der Waals surface area contributed by atoms with Gasteiger partial charge in [0.2, 0.25) is 5.91 Å².